The zero-order valence-electron chi connectivity index (χ0n) is 13.9. The Morgan fingerprint density at radius 1 is 1.23 bits per heavy atom. The molecule has 5 heteroatoms. The van der Waals surface area contributed by atoms with Crippen LogP contribution in [0, 0.1) is 5.92 Å². The van der Waals surface area contributed by atoms with Crippen molar-refractivity contribution >= 4 is 11.6 Å². The second-order valence-electron chi connectivity index (χ2n) is 5.98. The standard InChI is InChI=1S/C17H24N4O/c1-12(2)17(22)19-15(16-18-10-11-21(16)5)13-6-8-14(9-7-13)20(3)4/h6-12,15H,1-5H3,(H,19,22). The molecule has 0 bridgehead atoms. The zero-order valence-corrected chi connectivity index (χ0v) is 13.9. The lowest BCUT2D eigenvalue weighted by atomic mass is 10.0. The van der Waals surface area contributed by atoms with Gasteiger partial charge in [-0.05, 0) is 17.7 Å². The molecule has 0 aliphatic heterocycles. The van der Waals surface area contributed by atoms with E-state index in [1.807, 2.05) is 74.9 Å². The van der Waals surface area contributed by atoms with Gasteiger partial charge in [-0.25, -0.2) is 4.98 Å². The van der Waals surface area contributed by atoms with Gasteiger partial charge in [0, 0.05) is 45.1 Å². The number of aryl methyl sites for hydroxylation is 1. The van der Waals surface area contributed by atoms with Crippen LogP contribution < -0.4 is 10.2 Å². The number of anilines is 1. The van der Waals surface area contributed by atoms with Gasteiger partial charge >= 0.3 is 0 Å². The molecule has 0 fully saturated rings. The van der Waals surface area contributed by atoms with Crippen LogP contribution >= 0.6 is 0 Å². The maximum absolute atomic E-state index is 12.2. The van der Waals surface area contributed by atoms with E-state index in [4.69, 9.17) is 0 Å². The van der Waals surface area contributed by atoms with Crippen molar-refractivity contribution in [3.63, 3.8) is 0 Å². The molecule has 0 saturated carbocycles. The van der Waals surface area contributed by atoms with Gasteiger partial charge in [0.2, 0.25) is 5.91 Å². The van der Waals surface area contributed by atoms with Crippen LogP contribution in [0.25, 0.3) is 0 Å². The third kappa shape index (κ3) is 3.47. The minimum Gasteiger partial charge on any atom is -0.378 e. The monoisotopic (exact) mass is 300 g/mol. The number of hydrogen-bond acceptors (Lipinski definition) is 3. The quantitative estimate of drug-likeness (QED) is 0.922. The van der Waals surface area contributed by atoms with Gasteiger partial charge in [-0.2, -0.15) is 0 Å². The van der Waals surface area contributed by atoms with Crippen molar-refractivity contribution in [2.24, 2.45) is 13.0 Å². The number of benzene rings is 1. The summed E-state index contributed by atoms with van der Waals surface area (Å²) in [7, 11) is 5.95. The minimum atomic E-state index is -0.244. The van der Waals surface area contributed by atoms with Crippen LogP contribution in [0.3, 0.4) is 0 Å². The molecule has 1 heterocycles. The molecule has 1 amide bonds. The molecule has 118 valence electrons. The summed E-state index contributed by atoms with van der Waals surface area (Å²) < 4.78 is 1.94. The van der Waals surface area contributed by atoms with Crippen molar-refractivity contribution in [3.8, 4) is 0 Å². The molecule has 1 aromatic carbocycles. The fraction of sp³-hybridized carbons (Fsp3) is 0.412. The van der Waals surface area contributed by atoms with Crippen molar-refractivity contribution in [2.45, 2.75) is 19.9 Å². The highest BCUT2D eigenvalue weighted by Gasteiger charge is 2.21. The summed E-state index contributed by atoms with van der Waals surface area (Å²) in [5.41, 5.74) is 2.14. The third-order valence-electron chi connectivity index (χ3n) is 3.67. The Kier molecular flexibility index (Phi) is 4.85. The van der Waals surface area contributed by atoms with E-state index in [1.165, 1.54) is 0 Å². The number of imidazole rings is 1. The average Bonchev–Trinajstić information content (AvgIpc) is 2.90. The van der Waals surface area contributed by atoms with E-state index < -0.39 is 0 Å². The SMILES string of the molecule is CC(C)C(=O)NC(c1ccc(N(C)C)cc1)c1nccn1C. The maximum Gasteiger partial charge on any atom is 0.223 e. The fourth-order valence-electron chi connectivity index (χ4n) is 2.23. The summed E-state index contributed by atoms with van der Waals surface area (Å²) in [5.74, 6) is 0.778. The largest absolute Gasteiger partial charge is 0.378 e. The lowest BCUT2D eigenvalue weighted by Crippen LogP contribution is -2.33. The summed E-state index contributed by atoms with van der Waals surface area (Å²) in [6.07, 6.45) is 3.64. The Bertz CT molecular complexity index is 628. The van der Waals surface area contributed by atoms with Crippen LogP contribution in [0.5, 0.6) is 0 Å². The summed E-state index contributed by atoms with van der Waals surface area (Å²) >= 11 is 0. The molecule has 0 spiro atoms. The number of carbonyl (C=O) groups is 1. The van der Waals surface area contributed by atoms with E-state index in [2.05, 4.69) is 10.3 Å². The van der Waals surface area contributed by atoms with Crippen molar-refractivity contribution in [1.29, 1.82) is 0 Å². The first kappa shape index (κ1) is 16.1. The number of rotatable bonds is 5. The number of hydrogen-bond donors (Lipinski definition) is 1. The van der Waals surface area contributed by atoms with Crippen molar-refractivity contribution in [1.82, 2.24) is 14.9 Å². The van der Waals surface area contributed by atoms with Gasteiger partial charge in [-0.3, -0.25) is 4.79 Å². The lowest BCUT2D eigenvalue weighted by Gasteiger charge is -2.21. The van der Waals surface area contributed by atoms with Crippen LogP contribution in [0.1, 0.15) is 31.3 Å². The molecule has 0 aliphatic carbocycles. The highest BCUT2D eigenvalue weighted by atomic mass is 16.1. The van der Waals surface area contributed by atoms with Crippen LogP contribution in [-0.4, -0.2) is 29.6 Å². The highest BCUT2D eigenvalue weighted by molar-refractivity contribution is 5.78. The molecule has 0 aliphatic rings. The fourth-order valence-corrected chi connectivity index (χ4v) is 2.23. The van der Waals surface area contributed by atoms with E-state index >= 15 is 0 Å². The first-order chi connectivity index (χ1) is 10.4. The molecule has 2 aromatic rings. The highest BCUT2D eigenvalue weighted by Crippen LogP contribution is 2.23. The average molecular weight is 300 g/mol. The van der Waals surface area contributed by atoms with Gasteiger partial charge < -0.3 is 14.8 Å². The Hall–Kier alpha value is -2.30. The van der Waals surface area contributed by atoms with E-state index in [0.29, 0.717) is 0 Å². The van der Waals surface area contributed by atoms with Crippen LogP contribution in [0.4, 0.5) is 5.69 Å². The van der Waals surface area contributed by atoms with Gasteiger partial charge in [-0.1, -0.05) is 26.0 Å². The molecule has 22 heavy (non-hydrogen) atoms. The molecule has 1 N–H and O–H groups in total. The Labute approximate surface area is 132 Å². The Morgan fingerprint density at radius 3 is 2.32 bits per heavy atom. The molecule has 1 unspecified atom stereocenters. The van der Waals surface area contributed by atoms with Gasteiger partial charge in [-0.15, -0.1) is 0 Å². The lowest BCUT2D eigenvalue weighted by molar-refractivity contribution is -0.124. The molecular formula is C17H24N4O. The predicted octanol–water partition coefficient (Wildman–Crippen LogP) is 2.35. The smallest absolute Gasteiger partial charge is 0.223 e. The summed E-state index contributed by atoms with van der Waals surface area (Å²) in [6.45, 7) is 3.78. The topological polar surface area (TPSA) is 50.2 Å². The molecule has 1 atom stereocenters. The number of amides is 1. The van der Waals surface area contributed by atoms with Gasteiger partial charge in [0.1, 0.15) is 11.9 Å². The van der Waals surface area contributed by atoms with Gasteiger partial charge in [0.25, 0.3) is 0 Å². The third-order valence-corrected chi connectivity index (χ3v) is 3.67. The first-order valence-electron chi connectivity index (χ1n) is 7.45. The molecule has 0 radical (unpaired) electrons. The van der Waals surface area contributed by atoms with E-state index in [0.717, 1.165) is 17.1 Å². The first-order valence-corrected chi connectivity index (χ1v) is 7.45. The van der Waals surface area contributed by atoms with Gasteiger partial charge in [0.05, 0.1) is 0 Å². The van der Waals surface area contributed by atoms with Gasteiger partial charge in [0.15, 0.2) is 0 Å². The van der Waals surface area contributed by atoms with Crippen LogP contribution in [0.2, 0.25) is 0 Å². The summed E-state index contributed by atoms with van der Waals surface area (Å²) in [4.78, 5) is 18.6. The number of nitrogens with one attached hydrogen (secondary N) is 1. The molecule has 1 aromatic heterocycles. The second kappa shape index (κ2) is 6.64. The molecule has 0 saturated heterocycles. The van der Waals surface area contributed by atoms with E-state index in [9.17, 15) is 4.79 Å². The van der Waals surface area contributed by atoms with E-state index in [-0.39, 0.29) is 17.9 Å². The summed E-state index contributed by atoms with van der Waals surface area (Å²) in [5, 5.41) is 3.09. The maximum atomic E-state index is 12.2. The van der Waals surface area contributed by atoms with Crippen LogP contribution in [-0.2, 0) is 11.8 Å². The predicted molar refractivity (Wildman–Crippen MR) is 88.8 cm³/mol. The molecular weight excluding hydrogens is 276 g/mol. The Morgan fingerprint density at radius 2 is 1.86 bits per heavy atom. The Balaban J connectivity index is 2.35. The second-order valence-corrected chi connectivity index (χ2v) is 5.98. The molecule has 5 nitrogen and oxygen atoms in total. The van der Waals surface area contributed by atoms with Crippen molar-refractivity contribution < 1.29 is 4.79 Å². The number of nitrogens with zero attached hydrogens (tertiary/aromatic N) is 3. The minimum absolute atomic E-state index is 0.0182. The number of aromatic nitrogens is 2. The molecule has 2 rings (SSSR count). The number of carbonyl (C=O) groups excluding carboxylic acids is 1. The zero-order chi connectivity index (χ0) is 16.3. The van der Waals surface area contributed by atoms with Crippen molar-refractivity contribution in [3.05, 3.63) is 48.0 Å². The normalized spacial score (nSPS) is 12.3. The van der Waals surface area contributed by atoms with Crippen molar-refractivity contribution in [2.75, 3.05) is 19.0 Å². The summed E-state index contributed by atoms with van der Waals surface area (Å²) in [6, 6.07) is 7.93. The van der Waals surface area contributed by atoms with Crippen LogP contribution in [0.15, 0.2) is 36.7 Å². The van der Waals surface area contributed by atoms with E-state index in [1.54, 1.807) is 6.20 Å².